The molecule has 0 saturated heterocycles. The molecule has 0 fully saturated rings. The Morgan fingerprint density at radius 3 is 2.71 bits per heavy atom. The fourth-order valence-corrected chi connectivity index (χ4v) is 2.10. The summed E-state index contributed by atoms with van der Waals surface area (Å²) in [7, 11) is 1.72. The molecule has 1 aromatic heterocycles. The Balaban J connectivity index is 2.51. The highest BCUT2D eigenvalue weighted by atomic mass is 35.5. The van der Waals surface area contributed by atoms with Crippen molar-refractivity contribution in [3.8, 4) is 0 Å². The van der Waals surface area contributed by atoms with Crippen LogP contribution in [0.5, 0.6) is 0 Å². The quantitative estimate of drug-likeness (QED) is 0.783. The number of carbonyl (C=O) groups excluding carboxylic acids is 1. The summed E-state index contributed by atoms with van der Waals surface area (Å²) >= 11 is 5.98. The molecule has 1 heterocycles. The minimum atomic E-state index is -0.0764. The average Bonchev–Trinajstić information content (AvgIpc) is 2.68. The lowest BCUT2D eigenvalue weighted by molar-refractivity contribution is 0.102. The van der Waals surface area contributed by atoms with Crippen molar-refractivity contribution in [2.24, 2.45) is 7.05 Å². The maximum Gasteiger partial charge on any atom is 0.212 e. The van der Waals surface area contributed by atoms with Gasteiger partial charge in [-0.15, -0.1) is 0 Å². The van der Waals surface area contributed by atoms with Gasteiger partial charge in [0.15, 0.2) is 0 Å². The molecule has 0 aliphatic rings. The monoisotopic (exact) mass is 248 g/mol. The van der Waals surface area contributed by atoms with E-state index in [0.29, 0.717) is 16.3 Å². The lowest BCUT2D eigenvalue weighted by Crippen LogP contribution is -2.10. The van der Waals surface area contributed by atoms with Crippen molar-refractivity contribution in [3.05, 3.63) is 52.3 Å². The van der Waals surface area contributed by atoms with Crippen molar-refractivity contribution in [1.82, 2.24) is 9.78 Å². The van der Waals surface area contributed by atoms with E-state index in [9.17, 15) is 4.79 Å². The summed E-state index contributed by atoms with van der Waals surface area (Å²) in [5, 5.41) is 4.37. The van der Waals surface area contributed by atoms with Gasteiger partial charge in [-0.1, -0.05) is 42.8 Å². The summed E-state index contributed by atoms with van der Waals surface area (Å²) in [4.78, 5) is 12.4. The number of nitrogens with zero attached hydrogens (tertiary/aromatic N) is 2. The first-order valence-corrected chi connectivity index (χ1v) is 5.83. The van der Waals surface area contributed by atoms with Crippen LogP contribution < -0.4 is 0 Å². The molecule has 0 atom stereocenters. The molecule has 0 unspecified atom stereocenters. The molecule has 0 N–H and O–H groups in total. The zero-order valence-electron chi connectivity index (χ0n) is 9.77. The Morgan fingerprint density at radius 1 is 1.41 bits per heavy atom. The van der Waals surface area contributed by atoms with Gasteiger partial charge in [0, 0.05) is 12.6 Å². The standard InChI is InChI=1S/C13H13ClN2O/c1-3-9-6-4-5-7-10(9)13(17)12-11(14)8-15-16(12)2/h4-8H,3H2,1-2H3. The molecule has 0 spiro atoms. The summed E-state index contributed by atoms with van der Waals surface area (Å²) in [6.07, 6.45) is 2.31. The third-order valence-electron chi connectivity index (χ3n) is 2.75. The Morgan fingerprint density at radius 2 is 2.12 bits per heavy atom. The second kappa shape index (κ2) is 4.72. The molecule has 17 heavy (non-hydrogen) atoms. The second-order valence-corrected chi connectivity index (χ2v) is 4.21. The van der Waals surface area contributed by atoms with Gasteiger partial charge in [-0.2, -0.15) is 5.10 Å². The van der Waals surface area contributed by atoms with E-state index in [1.54, 1.807) is 7.05 Å². The number of benzene rings is 1. The van der Waals surface area contributed by atoms with Crippen molar-refractivity contribution in [1.29, 1.82) is 0 Å². The molecule has 4 heteroatoms. The highest BCUT2D eigenvalue weighted by Gasteiger charge is 2.19. The van der Waals surface area contributed by atoms with Crippen LogP contribution >= 0.6 is 11.6 Å². The number of carbonyl (C=O) groups is 1. The van der Waals surface area contributed by atoms with Crippen LogP contribution in [0.1, 0.15) is 28.5 Å². The minimum absolute atomic E-state index is 0.0764. The molecule has 0 aliphatic heterocycles. The van der Waals surface area contributed by atoms with Crippen LogP contribution in [0.3, 0.4) is 0 Å². The molecular weight excluding hydrogens is 236 g/mol. The predicted octanol–water partition coefficient (Wildman–Crippen LogP) is 2.87. The maximum absolute atomic E-state index is 12.4. The first-order chi connectivity index (χ1) is 8.15. The van der Waals surface area contributed by atoms with Gasteiger partial charge in [0.05, 0.1) is 11.2 Å². The van der Waals surface area contributed by atoms with E-state index in [4.69, 9.17) is 11.6 Å². The second-order valence-electron chi connectivity index (χ2n) is 3.80. The third-order valence-corrected chi connectivity index (χ3v) is 3.03. The predicted molar refractivity (Wildman–Crippen MR) is 67.5 cm³/mol. The molecule has 0 saturated carbocycles. The molecule has 0 bridgehead atoms. The molecule has 0 aliphatic carbocycles. The van der Waals surface area contributed by atoms with Crippen LogP contribution in [0.2, 0.25) is 5.02 Å². The zero-order chi connectivity index (χ0) is 12.4. The Kier molecular flexibility index (Phi) is 3.29. The molecule has 3 nitrogen and oxygen atoms in total. The van der Waals surface area contributed by atoms with E-state index in [2.05, 4.69) is 5.10 Å². The lowest BCUT2D eigenvalue weighted by atomic mass is 10.00. The molecule has 2 rings (SSSR count). The van der Waals surface area contributed by atoms with Crippen molar-refractivity contribution < 1.29 is 4.79 Å². The Hall–Kier alpha value is -1.61. The summed E-state index contributed by atoms with van der Waals surface area (Å²) in [5.74, 6) is -0.0764. The summed E-state index contributed by atoms with van der Waals surface area (Å²) in [5.41, 5.74) is 2.16. The molecule has 0 radical (unpaired) electrons. The number of aromatic nitrogens is 2. The fourth-order valence-electron chi connectivity index (χ4n) is 1.84. The highest BCUT2D eigenvalue weighted by molar-refractivity contribution is 6.34. The summed E-state index contributed by atoms with van der Waals surface area (Å²) in [6.45, 7) is 2.02. The fraction of sp³-hybridized carbons (Fsp3) is 0.231. The number of ketones is 1. The van der Waals surface area contributed by atoms with Crippen LogP contribution in [-0.2, 0) is 13.5 Å². The SMILES string of the molecule is CCc1ccccc1C(=O)c1c(Cl)cnn1C. The van der Waals surface area contributed by atoms with Gasteiger partial charge in [-0.05, 0) is 12.0 Å². The first-order valence-electron chi connectivity index (χ1n) is 5.45. The number of aryl methyl sites for hydroxylation is 2. The maximum atomic E-state index is 12.4. The van der Waals surface area contributed by atoms with Crippen molar-refractivity contribution in [2.45, 2.75) is 13.3 Å². The van der Waals surface area contributed by atoms with E-state index >= 15 is 0 Å². The van der Waals surface area contributed by atoms with Gasteiger partial charge in [0.1, 0.15) is 5.69 Å². The van der Waals surface area contributed by atoms with Gasteiger partial charge >= 0.3 is 0 Å². The van der Waals surface area contributed by atoms with Crippen LogP contribution in [0, 0.1) is 0 Å². The van der Waals surface area contributed by atoms with E-state index in [-0.39, 0.29) is 5.78 Å². The normalized spacial score (nSPS) is 10.5. The van der Waals surface area contributed by atoms with E-state index in [1.807, 2.05) is 31.2 Å². The molecule has 2 aromatic rings. The van der Waals surface area contributed by atoms with Crippen molar-refractivity contribution >= 4 is 17.4 Å². The van der Waals surface area contributed by atoms with Crippen molar-refractivity contribution in [2.75, 3.05) is 0 Å². The highest BCUT2D eigenvalue weighted by Crippen LogP contribution is 2.20. The van der Waals surface area contributed by atoms with Crippen LogP contribution in [0.25, 0.3) is 0 Å². The number of halogens is 1. The van der Waals surface area contributed by atoms with E-state index in [1.165, 1.54) is 10.9 Å². The van der Waals surface area contributed by atoms with Gasteiger partial charge in [0.2, 0.25) is 5.78 Å². The largest absolute Gasteiger partial charge is 0.287 e. The van der Waals surface area contributed by atoms with Gasteiger partial charge < -0.3 is 0 Å². The Labute approximate surface area is 105 Å². The minimum Gasteiger partial charge on any atom is -0.287 e. The topological polar surface area (TPSA) is 34.9 Å². The van der Waals surface area contributed by atoms with Gasteiger partial charge in [-0.25, -0.2) is 0 Å². The first kappa shape index (κ1) is 11.9. The number of hydrogen-bond acceptors (Lipinski definition) is 2. The molecule has 1 aromatic carbocycles. The summed E-state index contributed by atoms with van der Waals surface area (Å²) < 4.78 is 1.51. The number of hydrogen-bond donors (Lipinski definition) is 0. The van der Waals surface area contributed by atoms with Gasteiger partial charge in [0.25, 0.3) is 0 Å². The molecule has 0 amide bonds. The van der Waals surface area contributed by atoms with E-state index < -0.39 is 0 Å². The zero-order valence-corrected chi connectivity index (χ0v) is 10.5. The van der Waals surface area contributed by atoms with Crippen LogP contribution in [-0.4, -0.2) is 15.6 Å². The van der Waals surface area contributed by atoms with E-state index in [0.717, 1.165) is 12.0 Å². The Bertz CT molecular complexity index is 541. The summed E-state index contributed by atoms with van der Waals surface area (Å²) in [6, 6.07) is 7.57. The van der Waals surface area contributed by atoms with Gasteiger partial charge in [-0.3, -0.25) is 9.48 Å². The van der Waals surface area contributed by atoms with Crippen molar-refractivity contribution in [3.63, 3.8) is 0 Å². The molecular formula is C13H13ClN2O. The average molecular weight is 249 g/mol. The lowest BCUT2D eigenvalue weighted by Gasteiger charge is -2.07. The van der Waals surface area contributed by atoms with Crippen LogP contribution in [0.4, 0.5) is 0 Å². The third kappa shape index (κ3) is 2.11. The van der Waals surface area contributed by atoms with Crippen LogP contribution in [0.15, 0.2) is 30.5 Å². The smallest absolute Gasteiger partial charge is 0.212 e. The number of rotatable bonds is 3. The molecule has 88 valence electrons.